The van der Waals surface area contributed by atoms with Crippen LogP contribution in [0.25, 0.3) is 10.8 Å². The van der Waals surface area contributed by atoms with Crippen LogP contribution < -0.4 is 4.74 Å². The highest BCUT2D eigenvalue weighted by Crippen LogP contribution is 2.21. The van der Waals surface area contributed by atoms with Crippen molar-refractivity contribution >= 4 is 10.8 Å². The lowest BCUT2D eigenvalue weighted by Crippen LogP contribution is -1.93. The van der Waals surface area contributed by atoms with E-state index in [1.165, 1.54) is 18.2 Å². The molecule has 32 heavy (non-hydrogen) atoms. The highest BCUT2D eigenvalue weighted by molar-refractivity contribution is 5.84. The smallest absolute Gasteiger partial charge is 0.166 e. The van der Waals surface area contributed by atoms with E-state index in [1.807, 2.05) is 31.2 Å². The lowest BCUT2D eigenvalue weighted by molar-refractivity contribution is 0.338. The zero-order valence-corrected chi connectivity index (χ0v) is 17.2. The molecule has 4 aromatic carbocycles. The Labute approximate surface area is 184 Å². The first-order valence-corrected chi connectivity index (χ1v) is 9.97. The number of rotatable bonds is 2. The van der Waals surface area contributed by atoms with Gasteiger partial charge in [0.15, 0.2) is 11.6 Å². The van der Waals surface area contributed by atoms with E-state index in [0.717, 1.165) is 17.2 Å². The van der Waals surface area contributed by atoms with Gasteiger partial charge in [-0.15, -0.1) is 0 Å². The summed E-state index contributed by atoms with van der Waals surface area (Å²) in [6.45, 7) is 2.31. The quantitative estimate of drug-likeness (QED) is 0.335. The topological polar surface area (TPSA) is 9.23 Å². The van der Waals surface area contributed by atoms with E-state index in [0.29, 0.717) is 28.9 Å². The van der Waals surface area contributed by atoms with Gasteiger partial charge in [-0.05, 0) is 66.9 Å². The third-order valence-corrected chi connectivity index (χ3v) is 4.74. The molecule has 0 radical (unpaired) electrons. The highest BCUT2D eigenvalue weighted by Gasteiger charge is 2.06. The van der Waals surface area contributed by atoms with Crippen LogP contribution in [0.3, 0.4) is 0 Å². The predicted octanol–water partition coefficient (Wildman–Crippen LogP) is 6.46. The number of hydrogen-bond acceptors (Lipinski definition) is 1. The molecule has 0 aromatic heterocycles. The molecule has 0 saturated heterocycles. The summed E-state index contributed by atoms with van der Waals surface area (Å²) < 4.78 is 46.5. The van der Waals surface area contributed by atoms with Crippen molar-refractivity contribution < 1.29 is 17.9 Å². The fourth-order valence-corrected chi connectivity index (χ4v) is 3.12. The van der Waals surface area contributed by atoms with Crippen LogP contribution in [-0.2, 0) is 0 Å². The van der Waals surface area contributed by atoms with Gasteiger partial charge in [-0.1, -0.05) is 35.8 Å². The van der Waals surface area contributed by atoms with Crippen LogP contribution >= 0.6 is 0 Å². The first kappa shape index (κ1) is 21.1. The summed E-state index contributed by atoms with van der Waals surface area (Å²) in [7, 11) is 0. The minimum atomic E-state index is -0.871. The lowest BCUT2D eigenvalue weighted by Gasteiger charge is -2.03. The van der Waals surface area contributed by atoms with Crippen LogP contribution in [0.4, 0.5) is 13.2 Å². The number of benzene rings is 4. The molecule has 0 heterocycles. The Morgan fingerprint density at radius 2 is 1.31 bits per heavy atom. The molecule has 0 N–H and O–H groups in total. The van der Waals surface area contributed by atoms with Gasteiger partial charge in [0, 0.05) is 28.1 Å². The van der Waals surface area contributed by atoms with Crippen LogP contribution in [0.2, 0.25) is 0 Å². The maximum atomic E-state index is 14.1. The Balaban J connectivity index is 1.50. The van der Waals surface area contributed by atoms with Crippen LogP contribution in [0.1, 0.15) is 29.2 Å². The second-order valence-corrected chi connectivity index (χ2v) is 6.95. The van der Waals surface area contributed by atoms with Gasteiger partial charge in [-0.25, -0.2) is 13.2 Å². The molecule has 1 nitrogen and oxygen atoms in total. The van der Waals surface area contributed by atoms with Crippen molar-refractivity contribution in [3.8, 4) is 29.4 Å². The second kappa shape index (κ2) is 9.33. The molecule has 0 spiro atoms. The third-order valence-electron chi connectivity index (χ3n) is 4.74. The van der Waals surface area contributed by atoms with Crippen molar-refractivity contribution in [3.05, 3.63) is 113 Å². The first-order chi connectivity index (χ1) is 15.5. The first-order valence-electron chi connectivity index (χ1n) is 9.97. The standard InChI is InChI=1S/C28H17F3O/c1-2-32-24-14-12-22(27(30)18-24)11-9-20-5-3-19(4-6-20)7-8-21-10-15-25-23(17-21)13-16-26(29)28(25)31/h3-6,10,12-18H,2H2,1H3. The summed E-state index contributed by atoms with van der Waals surface area (Å²) in [5.41, 5.74) is 2.49. The highest BCUT2D eigenvalue weighted by atomic mass is 19.2. The molecule has 4 aromatic rings. The van der Waals surface area contributed by atoms with Gasteiger partial charge in [0.2, 0.25) is 0 Å². The van der Waals surface area contributed by atoms with Gasteiger partial charge < -0.3 is 4.74 Å². The molecule has 0 atom stereocenters. The van der Waals surface area contributed by atoms with E-state index < -0.39 is 17.5 Å². The van der Waals surface area contributed by atoms with E-state index in [4.69, 9.17) is 4.74 Å². The predicted molar refractivity (Wildman–Crippen MR) is 120 cm³/mol. The maximum Gasteiger partial charge on any atom is 0.166 e. The molecule has 156 valence electrons. The minimum Gasteiger partial charge on any atom is -0.494 e. The van der Waals surface area contributed by atoms with E-state index in [9.17, 15) is 13.2 Å². The maximum absolute atomic E-state index is 14.1. The van der Waals surface area contributed by atoms with E-state index in [2.05, 4.69) is 23.7 Å². The minimum absolute atomic E-state index is 0.224. The van der Waals surface area contributed by atoms with Crippen LogP contribution in [0, 0.1) is 41.1 Å². The van der Waals surface area contributed by atoms with Crippen LogP contribution in [-0.4, -0.2) is 6.61 Å². The average molecular weight is 426 g/mol. The summed E-state index contributed by atoms with van der Waals surface area (Å²) in [5.74, 6) is 10.1. The molecule has 4 rings (SSSR count). The van der Waals surface area contributed by atoms with Gasteiger partial charge in [0.25, 0.3) is 0 Å². The molecule has 0 saturated carbocycles. The molecular weight excluding hydrogens is 409 g/mol. The molecule has 0 aliphatic heterocycles. The molecule has 0 aliphatic carbocycles. The van der Waals surface area contributed by atoms with E-state index in [-0.39, 0.29) is 5.39 Å². The fourth-order valence-electron chi connectivity index (χ4n) is 3.12. The van der Waals surface area contributed by atoms with E-state index >= 15 is 0 Å². The van der Waals surface area contributed by atoms with Crippen molar-refractivity contribution in [3.63, 3.8) is 0 Å². The number of ether oxygens (including phenoxy) is 1. The molecule has 0 aliphatic rings. The van der Waals surface area contributed by atoms with Gasteiger partial charge in [0.05, 0.1) is 12.2 Å². The van der Waals surface area contributed by atoms with Crippen molar-refractivity contribution in [1.29, 1.82) is 0 Å². The second-order valence-electron chi connectivity index (χ2n) is 6.95. The summed E-state index contributed by atoms with van der Waals surface area (Å²) in [4.78, 5) is 0. The molecule has 0 bridgehead atoms. The molecule has 4 heteroatoms. The van der Waals surface area contributed by atoms with Crippen molar-refractivity contribution in [2.24, 2.45) is 0 Å². The largest absolute Gasteiger partial charge is 0.494 e. The normalized spacial score (nSPS) is 10.1. The average Bonchev–Trinajstić information content (AvgIpc) is 2.80. The monoisotopic (exact) mass is 426 g/mol. The van der Waals surface area contributed by atoms with Gasteiger partial charge in [0.1, 0.15) is 11.6 Å². The van der Waals surface area contributed by atoms with Crippen molar-refractivity contribution in [2.75, 3.05) is 6.61 Å². The molecule has 0 amide bonds. The molecule has 0 fully saturated rings. The fraction of sp³-hybridized carbons (Fsp3) is 0.0714. The Hall–Kier alpha value is -4.15. The van der Waals surface area contributed by atoms with Crippen molar-refractivity contribution in [1.82, 2.24) is 0 Å². The lowest BCUT2D eigenvalue weighted by atomic mass is 10.1. The number of fused-ring (bicyclic) bond motifs is 1. The Morgan fingerprint density at radius 3 is 2.00 bits per heavy atom. The van der Waals surface area contributed by atoms with Gasteiger partial charge in [-0.3, -0.25) is 0 Å². The van der Waals surface area contributed by atoms with Gasteiger partial charge in [-0.2, -0.15) is 0 Å². The van der Waals surface area contributed by atoms with Crippen LogP contribution in [0.15, 0.2) is 72.8 Å². The van der Waals surface area contributed by atoms with E-state index in [1.54, 1.807) is 24.3 Å². The summed E-state index contributed by atoms with van der Waals surface area (Å²) in [6, 6.07) is 19.4. The van der Waals surface area contributed by atoms with Gasteiger partial charge >= 0.3 is 0 Å². The third kappa shape index (κ3) is 4.77. The molecular formula is C28H17F3O. The van der Waals surface area contributed by atoms with Crippen LogP contribution in [0.5, 0.6) is 5.75 Å². The summed E-state index contributed by atoms with van der Waals surface area (Å²) in [6.07, 6.45) is 0. The Morgan fingerprint density at radius 1 is 0.656 bits per heavy atom. The zero-order valence-electron chi connectivity index (χ0n) is 17.2. The van der Waals surface area contributed by atoms with Crippen molar-refractivity contribution in [2.45, 2.75) is 6.92 Å². The molecule has 0 unspecified atom stereocenters. The number of halogens is 3. The summed E-state index contributed by atoms with van der Waals surface area (Å²) in [5, 5.41) is 0.810. The Kier molecular flexibility index (Phi) is 6.15. The number of hydrogen-bond donors (Lipinski definition) is 0. The summed E-state index contributed by atoms with van der Waals surface area (Å²) >= 11 is 0. The zero-order chi connectivity index (χ0) is 22.5. The Bertz CT molecular complexity index is 1420. The SMILES string of the molecule is CCOc1ccc(C#Cc2ccc(C#Cc3ccc4c(F)c(F)ccc4c3)cc2)c(F)c1.